The molecule has 7 nitrogen and oxygen atoms in total. The predicted molar refractivity (Wildman–Crippen MR) is 69.6 cm³/mol. The van der Waals surface area contributed by atoms with Crippen LogP contribution in [0, 0.1) is 0 Å². The Hall–Kier alpha value is -1.63. The highest BCUT2D eigenvalue weighted by atomic mass is 16.5. The van der Waals surface area contributed by atoms with Crippen LogP contribution in [0.25, 0.3) is 0 Å². The first kappa shape index (κ1) is 15.4. The van der Waals surface area contributed by atoms with Crippen LogP contribution in [0.4, 0.5) is 4.79 Å². The Morgan fingerprint density at radius 3 is 2.68 bits per heavy atom. The summed E-state index contributed by atoms with van der Waals surface area (Å²) in [6.07, 6.45) is 0.601. The minimum atomic E-state index is -0.0772. The Balaban J connectivity index is 2.54. The molecule has 0 fully saturated rings. The first-order chi connectivity index (χ1) is 8.95. The summed E-state index contributed by atoms with van der Waals surface area (Å²) in [4.78, 5) is 19.4. The van der Waals surface area contributed by atoms with Crippen molar-refractivity contribution >= 4 is 6.03 Å². The van der Waals surface area contributed by atoms with Crippen molar-refractivity contribution in [2.75, 3.05) is 27.8 Å². The third-order valence-electron chi connectivity index (χ3n) is 2.82. The van der Waals surface area contributed by atoms with Gasteiger partial charge >= 0.3 is 6.03 Å². The van der Waals surface area contributed by atoms with Crippen LogP contribution in [-0.4, -0.2) is 59.8 Å². The molecule has 0 aliphatic carbocycles. The second-order valence-corrected chi connectivity index (χ2v) is 4.69. The number of hydrogen-bond acceptors (Lipinski definition) is 5. The summed E-state index contributed by atoms with van der Waals surface area (Å²) in [7, 11) is 5.09. The molecule has 19 heavy (non-hydrogen) atoms. The zero-order valence-electron chi connectivity index (χ0n) is 12.2. The predicted octanol–water partition coefficient (Wildman–Crippen LogP) is 1.15. The van der Waals surface area contributed by atoms with E-state index in [1.807, 2.05) is 13.8 Å². The molecule has 0 saturated heterocycles. The first-order valence-electron chi connectivity index (χ1n) is 6.24. The smallest absolute Gasteiger partial charge is 0.320 e. The average Bonchev–Trinajstić information content (AvgIpc) is 2.81. The summed E-state index contributed by atoms with van der Waals surface area (Å²) in [6, 6.07) is 0.0709. The summed E-state index contributed by atoms with van der Waals surface area (Å²) >= 11 is 0. The fourth-order valence-electron chi connectivity index (χ4n) is 1.41. The monoisotopic (exact) mass is 270 g/mol. The first-order valence-corrected chi connectivity index (χ1v) is 6.24. The van der Waals surface area contributed by atoms with Crippen LogP contribution in [0.5, 0.6) is 0 Å². The van der Waals surface area contributed by atoms with Crippen molar-refractivity contribution in [1.82, 2.24) is 19.9 Å². The van der Waals surface area contributed by atoms with Crippen molar-refractivity contribution in [3.8, 4) is 0 Å². The van der Waals surface area contributed by atoms with Crippen LogP contribution in [0.3, 0.4) is 0 Å². The van der Waals surface area contributed by atoms with Crippen molar-refractivity contribution in [3.05, 3.63) is 11.7 Å². The van der Waals surface area contributed by atoms with E-state index in [0.717, 1.165) is 0 Å². The standard InChI is InChI=1S/C12H22N4O3/c1-9(2)16(4)12(17)15(3)8-11-13-10(14-19-11)6-7-18-5/h9H,6-8H2,1-5H3. The Labute approximate surface area is 113 Å². The van der Waals surface area contributed by atoms with E-state index in [0.29, 0.717) is 31.3 Å². The van der Waals surface area contributed by atoms with Gasteiger partial charge in [-0.05, 0) is 13.8 Å². The van der Waals surface area contributed by atoms with Crippen LogP contribution < -0.4 is 0 Å². The van der Waals surface area contributed by atoms with E-state index in [9.17, 15) is 4.79 Å². The number of carbonyl (C=O) groups is 1. The van der Waals surface area contributed by atoms with Gasteiger partial charge in [0.15, 0.2) is 5.82 Å². The van der Waals surface area contributed by atoms with Crippen LogP contribution in [-0.2, 0) is 17.7 Å². The molecule has 1 aromatic rings. The average molecular weight is 270 g/mol. The zero-order chi connectivity index (χ0) is 14.4. The normalized spacial score (nSPS) is 10.8. The Kier molecular flexibility index (Phi) is 5.75. The fraction of sp³-hybridized carbons (Fsp3) is 0.750. The number of amides is 2. The SMILES string of the molecule is COCCc1noc(CN(C)C(=O)N(C)C(C)C)n1. The lowest BCUT2D eigenvalue weighted by Gasteiger charge is -2.26. The Morgan fingerprint density at radius 1 is 1.42 bits per heavy atom. The van der Waals surface area contributed by atoms with Gasteiger partial charge in [0.25, 0.3) is 0 Å². The van der Waals surface area contributed by atoms with E-state index in [-0.39, 0.29) is 12.1 Å². The van der Waals surface area contributed by atoms with E-state index in [1.54, 1.807) is 31.0 Å². The van der Waals surface area contributed by atoms with Gasteiger partial charge in [0.2, 0.25) is 5.89 Å². The van der Waals surface area contributed by atoms with Crippen molar-refractivity contribution in [3.63, 3.8) is 0 Å². The maximum atomic E-state index is 12.0. The highest BCUT2D eigenvalue weighted by molar-refractivity contribution is 5.73. The van der Waals surface area contributed by atoms with Gasteiger partial charge < -0.3 is 19.1 Å². The van der Waals surface area contributed by atoms with E-state index in [4.69, 9.17) is 9.26 Å². The van der Waals surface area contributed by atoms with Gasteiger partial charge in [-0.15, -0.1) is 0 Å². The van der Waals surface area contributed by atoms with Crippen molar-refractivity contribution < 1.29 is 14.1 Å². The highest BCUT2D eigenvalue weighted by Gasteiger charge is 2.18. The van der Waals surface area contributed by atoms with E-state index in [2.05, 4.69) is 10.1 Å². The highest BCUT2D eigenvalue weighted by Crippen LogP contribution is 2.06. The molecule has 7 heteroatoms. The molecule has 1 rings (SSSR count). The minimum absolute atomic E-state index is 0.0772. The molecule has 1 heterocycles. The molecular formula is C12H22N4O3. The molecule has 0 saturated carbocycles. The van der Waals surface area contributed by atoms with Crippen molar-refractivity contribution in [2.45, 2.75) is 32.9 Å². The molecule has 108 valence electrons. The van der Waals surface area contributed by atoms with E-state index < -0.39 is 0 Å². The summed E-state index contributed by atoms with van der Waals surface area (Å²) in [5.41, 5.74) is 0. The van der Waals surface area contributed by atoms with E-state index >= 15 is 0 Å². The van der Waals surface area contributed by atoms with E-state index in [1.165, 1.54) is 0 Å². The number of aromatic nitrogens is 2. The molecule has 0 spiro atoms. The third-order valence-corrected chi connectivity index (χ3v) is 2.82. The summed E-state index contributed by atoms with van der Waals surface area (Å²) in [5, 5.41) is 3.83. The van der Waals surface area contributed by atoms with Crippen LogP contribution in [0.1, 0.15) is 25.6 Å². The second-order valence-electron chi connectivity index (χ2n) is 4.69. The number of nitrogens with zero attached hydrogens (tertiary/aromatic N) is 4. The maximum Gasteiger partial charge on any atom is 0.320 e. The Morgan fingerprint density at radius 2 is 2.11 bits per heavy atom. The minimum Gasteiger partial charge on any atom is -0.384 e. The van der Waals surface area contributed by atoms with Gasteiger partial charge in [0.05, 0.1) is 6.61 Å². The molecule has 0 atom stereocenters. The number of methoxy groups -OCH3 is 1. The quantitative estimate of drug-likeness (QED) is 0.775. The van der Waals surface area contributed by atoms with Crippen molar-refractivity contribution in [2.24, 2.45) is 0 Å². The van der Waals surface area contributed by atoms with Crippen molar-refractivity contribution in [1.29, 1.82) is 0 Å². The second kappa shape index (κ2) is 7.08. The van der Waals surface area contributed by atoms with Gasteiger partial charge in [-0.1, -0.05) is 5.16 Å². The lowest BCUT2D eigenvalue weighted by Crippen LogP contribution is -2.41. The largest absolute Gasteiger partial charge is 0.384 e. The number of hydrogen-bond donors (Lipinski definition) is 0. The summed E-state index contributed by atoms with van der Waals surface area (Å²) in [5.74, 6) is 1.02. The number of ether oxygens (including phenoxy) is 1. The number of carbonyl (C=O) groups excluding carboxylic acids is 1. The Bertz CT molecular complexity index is 405. The molecule has 0 aliphatic rings. The van der Waals surface area contributed by atoms with Gasteiger partial charge in [-0.3, -0.25) is 0 Å². The summed E-state index contributed by atoms with van der Waals surface area (Å²) in [6.45, 7) is 4.77. The molecule has 1 aromatic heterocycles. The molecule has 2 amide bonds. The lowest BCUT2D eigenvalue weighted by molar-refractivity contribution is 0.155. The summed E-state index contributed by atoms with van der Waals surface area (Å²) < 4.78 is 10.0. The molecular weight excluding hydrogens is 248 g/mol. The maximum absolute atomic E-state index is 12.0. The molecule has 0 aromatic carbocycles. The van der Waals surface area contributed by atoms with Crippen LogP contribution in [0.15, 0.2) is 4.52 Å². The zero-order valence-corrected chi connectivity index (χ0v) is 12.2. The topological polar surface area (TPSA) is 71.7 Å². The molecule has 0 N–H and O–H groups in total. The fourth-order valence-corrected chi connectivity index (χ4v) is 1.41. The lowest BCUT2D eigenvalue weighted by atomic mass is 10.3. The van der Waals surface area contributed by atoms with Gasteiger partial charge in [0.1, 0.15) is 6.54 Å². The van der Waals surface area contributed by atoms with Gasteiger partial charge in [-0.2, -0.15) is 4.98 Å². The third kappa shape index (κ3) is 4.51. The molecule has 0 aliphatic heterocycles. The number of rotatable bonds is 6. The van der Waals surface area contributed by atoms with Gasteiger partial charge in [-0.25, -0.2) is 4.79 Å². The molecule has 0 bridgehead atoms. The number of urea groups is 1. The van der Waals surface area contributed by atoms with Crippen LogP contribution >= 0.6 is 0 Å². The molecule has 0 unspecified atom stereocenters. The van der Waals surface area contributed by atoms with Gasteiger partial charge in [0, 0.05) is 33.7 Å². The molecule has 0 radical (unpaired) electrons. The van der Waals surface area contributed by atoms with Crippen LogP contribution in [0.2, 0.25) is 0 Å².